The van der Waals surface area contributed by atoms with Crippen molar-refractivity contribution in [1.29, 1.82) is 0 Å². The molecule has 0 spiro atoms. The van der Waals surface area contributed by atoms with Gasteiger partial charge in [0, 0.05) is 0 Å². The minimum atomic E-state index is 0.508. The molecule has 0 unspecified atom stereocenters. The molecule has 0 saturated heterocycles. The second-order valence-corrected chi connectivity index (χ2v) is 4.28. The molecule has 0 radical (unpaired) electrons. The number of benzene rings is 1. The van der Waals surface area contributed by atoms with Crippen molar-refractivity contribution in [2.45, 2.75) is 52.4 Å². The van der Waals surface area contributed by atoms with E-state index in [0.717, 1.165) is 0 Å². The molecular weight excluding hydrogens is 168 g/mol. The van der Waals surface area contributed by atoms with E-state index in [1.807, 2.05) is 13.8 Å². The summed E-state index contributed by atoms with van der Waals surface area (Å²) < 4.78 is 0. The molecule has 1 saturated carbocycles. The van der Waals surface area contributed by atoms with Gasteiger partial charge in [-0.15, -0.1) is 0 Å². The van der Waals surface area contributed by atoms with Crippen molar-refractivity contribution in [3.05, 3.63) is 35.4 Å². The van der Waals surface area contributed by atoms with E-state index in [1.165, 1.54) is 30.4 Å². The lowest BCUT2D eigenvalue weighted by atomic mass is 9.66. The van der Waals surface area contributed by atoms with Crippen LogP contribution in [0.2, 0.25) is 0 Å². The van der Waals surface area contributed by atoms with Crippen molar-refractivity contribution in [3.63, 3.8) is 0 Å². The molecule has 0 bridgehead atoms. The molecule has 0 heterocycles. The Balaban J connectivity index is 0.000000461. The zero-order valence-corrected chi connectivity index (χ0v) is 9.93. The molecule has 1 fully saturated rings. The maximum atomic E-state index is 2.38. The molecule has 0 nitrogen and oxygen atoms in total. The van der Waals surface area contributed by atoms with Crippen LogP contribution in [0.3, 0.4) is 0 Å². The number of aryl methyl sites for hydroxylation is 1. The quantitative estimate of drug-likeness (QED) is 0.613. The van der Waals surface area contributed by atoms with Gasteiger partial charge in [-0.1, -0.05) is 57.0 Å². The Morgan fingerprint density at radius 1 is 1.00 bits per heavy atom. The third-order valence-electron chi connectivity index (χ3n) is 3.21. The van der Waals surface area contributed by atoms with Crippen molar-refractivity contribution < 1.29 is 0 Å². The van der Waals surface area contributed by atoms with E-state index in [9.17, 15) is 0 Å². The van der Waals surface area contributed by atoms with Crippen LogP contribution in [0.1, 0.15) is 51.2 Å². The summed E-state index contributed by atoms with van der Waals surface area (Å²) in [5, 5.41) is 0. The minimum Gasteiger partial charge on any atom is -0.0683 e. The second kappa shape index (κ2) is 4.63. The predicted molar refractivity (Wildman–Crippen MR) is 63.7 cm³/mol. The number of hydrogen-bond donors (Lipinski definition) is 0. The lowest BCUT2D eigenvalue weighted by molar-refractivity contribution is 0.272. The Morgan fingerprint density at radius 2 is 1.50 bits per heavy atom. The van der Waals surface area contributed by atoms with Crippen LogP contribution < -0.4 is 0 Å². The van der Waals surface area contributed by atoms with Crippen LogP contribution in [0, 0.1) is 6.92 Å². The maximum Gasteiger partial charge on any atom is -0.00752 e. The molecule has 14 heavy (non-hydrogen) atoms. The van der Waals surface area contributed by atoms with E-state index >= 15 is 0 Å². The first-order valence-corrected chi connectivity index (χ1v) is 5.78. The van der Waals surface area contributed by atoms with Gasteiger partial charge in [-0.3, -0.25) is 0 Å². The van der Waals surface area contributed by atoms with Gasteiger partial charge in [0.05, 0.1) is 0 Å². The first kappa shape index (κ1) is 11.3. The predicted octanol–water partition coefficient (Wildman–Crippen LogP) is 4.46. The molecule has 0 aliphatic heterocycles. The fourth-order valence-electron chi connectivity index (χ4n) is 1.95. The molecule has 0 N–H and O–H groups in total. The van der Waals surface area contributed by atoms with Gasteiger partial charge in [0.15, 0.2) is 0 Å². The lowest BCUT2D eigenvalue weighted by Gasteiger charge is -2.39. The topological polar surface area (TPSA) is 0 Å². The van der Waals surface area contributed by atoms with Gasteiger partial charge in [-0.05, 0) is 30.7 Å². The van der Waals surface area contributed by atoms with E-state index in [1.54, 1.807) is 0 Å². The average Bonchev–Trinajstić information content (AvgIpc) is 2.19. The van der Waals surface area contributed by atoms with Gasteiger partial charge in [0.25, 0.3) is 0 Å². The summed E-state index contributed by atoms with van der Waals surface area (Å²) in [7, 11) is 0. The Labute approximate surface area is 88.4 Å². The average molecular weight is 190 g/mol. The van der Waals surface area contributed by atoms with Crippen LogP contribution in [0.4, 0.5) is 0 Å². The molecule has 0 aromatic heterocycles. The van der Waals surface area contributed by atoms with E-state index in [4.69, 9.17) is 0 Å². The molecule has 1 aliphatic rings. The second-order valence-electron chi connectivity index (χ2n) is 4.28. The van der Waals surface area contributed by atoms with Crippen LogP contribution in [-0.4, -0.2) is 0 Å². The van der Waals surface area contributed by atoms with Crippen molar-refractivity contribution in [2.24, 2.45) is 0 Å². The van der Waals surface area contributed by atoms with Gasteiger partial charge < -0.3 is 0 Å². The molecule has 1 aliphatic carbocycles. The highest BCUT2D eigenvalue weighted by molar-refractivity contribution is 5.29. The molecule has 2 rings (SSSR count). The third-order valence-corrected chi connectivity index (χ3v) is 3.21. The van der Waals surface area contributed by atoms with Gasteiger partial charge in [0.1, 0.15) is 0 Å². The van der Waals surface area contributed by atoms with E-state index in [-0.39, 0.29) is 0 Å². The van der Waals surface area contributed by atoms with Gasteiger partial charge in [-0.2, -0.15) is 0 Å². The molecule has 1 aromatic carbocycles. The normalized spacial score (nSPS) is 17.7. The summed E-state index contributed by atoms with van der Waals surface area (Å²) in [5.41, 5.74) is 3.40. The fourth-order valence-corrected chi connectivity index (χ4v) is 1.95. The van der Waals surface area contributed by atoms with Gasteiger partial charge >= 0.3 is 0 Å². The highest BCUT2D eigenvalue weighted by Gasteiger charge is 2.32. The highest BCUT2D eigenvalue weighted by Crippen LogP contribution is 2.42. The van der Waals surface area contributed by atoms with Crippen LogP contribution in [0.15, 0.2) is 24.3 Å². The summed E-state index contributed by atoms with van der Waals surface area (Å²) in [6, 6.07) is 9.01. The van der Waals surface area contributed by atoms with E-state index in [0.29, 0.717) is 5.41 Å². The lowest BCUT2D eigenvalue weighted by Crippen LogP contribution is -2.30. The Kier molecular flexibility index (Phi) is 3.74. The summed E-state index contributed by atoms with van der Waals surface area (Å²) >= 11 is 0. The Hall–Kier alpha value is -0.780. The zero-order valence-electron chi connectivity index (χ0n) is 9.93. The largest absolute Gasteiger partial charge is 0.0683 e. The number of rotatable bonds is 1. The van der Waals surface area contributed by atoms with Gasteiger partial charge in [-0.25, -0.2) is 0 Å². The van der Waals surface area contributed by atoms with E-state index < -0.39 is 0 Å². The monoisotopic (exact) mass is 190 g/mol. The highest BCUT2D eigenvalue weighted by atomic mass is 14.4. The van der Waals surface area contributed by atoms with Crippen LogP contribution in [0.25, 0.3) is 0 Å². The minimum absolute atomic E-state index is 0.508. The zero-order chi connectivity index (χ0) is 10.6. The van der Waals surface area contributed by atoms with Crippen molar-refractivity contribution in [1.82, 2.24) is 0 Å². The molecule has 0 heteroatoms. The first-order valence-electron chi connectivity index (χ1n) is 5.78. The molecule has 78 valence electrons. The van der Waals surface area contributed by atoms with Crippen molar-refractivity contribution in [3.8, 4) is 0 Å². The van der Waals surface area contributed by atoms with Crippen molar-refractivity contribution >= 4 is 0 Å². The smallest absolute Gasteiger partial charge is 0.00752 e. The summed E-state index contributed by atoms with van der Waals surface area (Å²) in [6.45, 7) is 8.52. The fraction of sp³-hybridized carbons (Fsp3) is 0.571. The van der Waals surface area contributed by atoms with Gasteiger partial charge in [0.2, 0.25) is 0 Å². The first-order chi connectivity index (χ1) is 6.71. The summed E-state index contributed by atoms with van der Waals surface area (Å²) in [5.74, 6) is 0. The van der Waals surface area contributed by atoms with Crippen LogP contribution in [0.5, 0.6) is 0 Å². The standard InChI is InChI=1S/C12H16.C2H6/c1-10-4-6-11(7-5-10)12(2)8-3-9-12;1-2/h4-7H,3,8-9H2,1-2H3;1-2H3. The molecule has 0 amide bonds. The van der Waals surface area contributed by atoms with Crippen LogP contribution in [-0.2, 0) is 5.41 Å². The Bertz CT molecular complexity index is 265. The van der Waals surface area contributed by atoms with Crippen LogP contribution >= 0.6 is 0 Å². The summed E-state index contributed by atoms with van der Waals surface area (Å²) in [4.78, 5) is 0. The van der Waals surface area contributed by atoms with Crippen molar-refractivity contribution in [2.75, 3.05) is 0 Å². The molecule has 1 aromatic rings. The SMILES string of the molecule is CC.Cc1ccc(C2(C)CCC2)cc1. The van der Waals surface area contributed by atoms with E-state index in [2.05, 4.69) is 38.1 Å². The number of hydrogen-bond acceptors (Lipinski definition) is 0. The Morgan fingerprint density at radius 3 is 1.86 bits per heavy atom. The molecular formula is C14H22. The third kappa shape index (κ3) is 2.17. The summed E-state index contributed by atoms with van der Waals surface area (Å²) in [6.07, 6.45) is 4.15. The molecule has 0 atom stereocenters. The maximum absolute atomic E-state index is 2.38.